The van der Waals surface area contributed by atoms with Gasteiger partial charge in [0.05, 0.1) is 16.8 Å². The van der Waals surface area contributed by atoms with Crippen LogP contribution in [0.3, 0.4) is 0 Å². The van der Waals surface area contributed by atoms with Gasteiger partial charge in [-0.05, 0) is 41.3 Å². The van der Waals surface area contributed by atoms with Gasteiger partial charge < -0.3 is 0 Å². The fraction of sp³-hybridized carbons (Fsp3) is 0.167. The number of aromatic nitrogens is 1. The van der Waals surface area contributed by atoms with Crippen molar-refractivity contribution in [2.24, 2.45) is 0 Å². The van der Waals surface area contributed by atoms with Gasteiger partial charge in [0.1, 0.15) is 5.82 Å². The molecule has 0 unspecified atom stereocenters. The Labute approximate surface area is 173 Å². The van der Waals surface area contributed by atoms with Crippen LogP contribution >= 0.6 is 11.3 Å². The molecule has 1 heterocycles. The predicted octanol–water partition coefficient (Wildman–Crippen LogP) is 6.41. The predicted molar refractivity (Wildman–Crippen MR) is 117 cm³/mol. The van der Waals surface area contributed by atoms with Gasteiger partial charge in [-0.25, -0.2) is 9.37 Å². The van der Waals surface area contributed by atoms with Crippen molar-refractivity contribution < 1.29 is 9.18 Å². The van der Waals surface area contributed by atoms with Crippen molar-refractivity contribution in [3.63, 3.8) is 0 Å². The maximum Gasteiger partial charge on any atom is 0.260 e. The molecule has 146 valence electrons. The van der Waals surface area contributed by atoms with Crippen molar-refractivity contribution in [3.8, 4) is 0 Å². The maximum atomic E-state index is 13.7. The summed E-state index contributed by atoms with van der Waals surface area (Å²) >= 11 is 1.48. The number of nitrogens with zero attached hydrogens (tertiary/aromatic N) is 2. The highest BCUT2D eigenvalue weighted by atomic mass is 32.1. The van der Waals surface area contributed by atoms with E-state index in [0.29, 0.717) is 23.2 Å². The summed E-state index contributed by atoms with van der Waals surface area (Å²) in [6.45, 7) is 4.63. The smallest absolute Gasteiger partial charge is 0.260 e. The normalized spacial score (nSPS) is 11.2. The Hall–Kier alpha value is -3.05. The minimum absolute atomic E-state index is 0.265. The largest absolute Gasteiger partial charge is 0.279 e. The zero-order valence-corrected chi connectivity index (χ0v) is 17.1. The lowest BCUT2D eigenvalue weighted by Gasteiger charge is -2.20. The summed E-state index contributed by atoms with van der Waals surface area (Å²) < 4.78 is 14.8. The van der Waals surface area contributed by atoms with E-state index in [-0.39, 0.29) is 5.91 Å². The van der Waals surface area contributed by atoms with Gasteiger partial charge in [0, 0.05) is 5.56 Å². The van der Waals surface area contributed by atoms with Gasteiger partial charge in [-0.2, -0.15) is 0 Å². The van der Waals surface area contributed by atoms with Crippen LogP contribution < -0.4 is 4.90 Å². The second-order valence-electron chi connectivity index (χ2n) is 7.23. The van der Waals surface area contributed by atoms with Crippen LogP contribution in [-0.2, 0) is 6.54 Å². The molecule has 0 bridgehead atoms. The lowest BCUT2D eigenvalue weighted by molar-refractivity contribution is 0.0984. The van der Waals surface area contributed by atoms with Gasteiger partial charge >= 0.3 is 0 Å². The summed E-state index contributed by atoms with van der Waals surface area (Å²) in [5, 5.41) is 0.617. The molecule has 5 heteroatoms. The molecule has 0 saturated heterocycles. The number of anilines is 1. The van der Waals surface area contributed by atoms with E-state index < -0.39 is 5.82 Å². The van der Waals surface area contributed by atoms with E-state index in [9.17, 15) is 9.18 Å². The van der Waals surface area contributed by atoms with E-state index in [1.54, 1.807) is 17.0 Å². The van der Waals surface area contributed by atoms with Crippen LogP contribution in [0.5, 0.6) is 0 Å². The summed E-state index contributed by atoms with van der Waals surface area (Å²) in [6, 6.07) is 21.7. The van der Waals surface area contributed by atoms with Crippen LogP contribution in [0, 0.1) is 5.82 Å². The SMILES string of the molecule is CC(C)c1cccc2sc(N(Cc3ccccc3)C(=O)c3cccc(F)c3)nc12. The molecular formula is C24H21FN2OS. The molecule has 3 nitrogen and oxygen atoms in total. The number of halogens is 1. The summed E-state index contributed by atoms with van der Waals surface area (Å²) in [4.78, 5) is 19.8. The van der Waals surface area contributed by atoms with E-state index in [4.69, 9.17) is 4.98 Å². The second kappa shape index (κ2) is 8.13. The molecule has 0 spiro atoms. The first-order chi connectivity index (χ1) is 14.0. The number of benzene rings is 3. The van der Waals surface area contributed by atoms with E-state index >= 15 is 0 Å². The van der Waals surface area contributed by atoms with Crippen LogP contribution in [-0.4, -0.2) is 10.9 Å². The zero-order valence-electron chi connectivity index (χ0n) is 16.3. The van der Waals surface area contributed by atoms with Crippen molar-refractivity contribution >= 4 is 32.6 Å². The Bertz CT molecular complexity index is 1150. The molecule has 0 atom stereocenters. The Morgan fingerprint density at radius 1 is 1.03 bits per heavy atom. The first-order valence-corrected chi connectivity index (χ1v) is 10.4. The molecule has 1 aromatic heterocycles. The molecule has 3 aromatic carbocycles. The summed E-state index contributed by atoms with van der Waals surface area (Å²) in [6.07, 6.45) is 0. The lowest BCUT2D eigenvalue weighted by Crippen LogP contribution is -2.30. The fourth-order valence-corrected chi connectivity index (χ4v) is 4.31. The van der Waals surface area contributed by atoms with Crippen molar-refractivity contribution in [2.45, 2.75) is 26.3 Å². The van der Waals surface area contributed by atoms with Crippen molar-refractivity contribution in [2.75, 3.05) is 4.90 Å². The molecule has 4 rings (SSSR count). The third kappa shape index (κ3) is 4.05. The number of hydrogen-bond donors (Lipinski definition) is 0. The van der Waals surface area contributed by atoms with Crippen molar-refractivity contribution in [3.05, 3.63) is 95.3 Å². The fourth-order valence-electron chi connectivity index (χ4n) is 3.31. The highest BCUT2D eigenvalue weighted by Gasteiger charge is 2.23. The average Bonchev–Trinajstić information content (AvgIpc) is 3.16. The number of hydrogen-bond acceptors (Lipinski definition) is 3. The molecule has 0 N–H and O–H groups in total. The molecule has 4 aromatic rings. The molecule has 0 fully saturated rings. The number of thiazole rings is 1. The minimum atomic E-state index is -0.429. The minimum Gasteiger partial charge on any atom is -0.279 e. The molecular weight excluding hydrogens is 383 g/mol. The third-order valence-electron chi connectivity index (χ3n) is 4.79. The molecule has 0 aliphatic carbocycles. The maximum absolute atomic E-state index is 13.7. The highest BCUT2D eigenvalue weighted by Crippen LogP contribution is 2.34. The van der Waals surface area contributed by atoms with Gasteiger partial charge in [0.2, 0.25) is 0 Å². The first kappa shape index (κ1) is 19.3. The summed E-state index contributed by atoms with van der Waals surface area (Å²) in [7, 11) is 0. The van der Waals surface area contributed by atoms with E-state index in [0.717, 1.165) is 21.3 Å². The topological polar surface area (TPSA) is 33.2 Å². The summed E-state index contributed by atoms with van der Waals surface area (Å²) in [5.41, 5.74) is 3.38. The van der Waals surface area contributed by atoms with Gasteiger partial charge in [0.25, 0.3) is 5.91 Å². The molecule has 29 heavy (non-hydrogen) atoms. The van der Waals surface area contributed by atoms with Gasteiger partial charge in [-0.1, -0.05) is 73.7 Å². The van der Waals surface area contributed by atoms with Gasteiger partial charge in [0.15, 0.2) is 5.13 Å². The van der Waals surface area contributed by atoms with Crippen LogP contribution in [0.1, 0.15) is 41.3 Å². The van der Waals surface area contributed by atoms with E-state index in [1.165, 1.54) is 23.5 Å². The Morgan fingerprint density at radius 2 is 1.79 bits per heavy atom. The molecule has 0 saturated carbocycles. The molecule has 0 aliphatic rings. The van der Waals surface area contributed by atoms with Crippen LogP contribution in [0.15, 0.2) is 72.8 Å². The number of rotatable bonds is 5. The quantitative estimate of drug-likeness (QED) is 0.385. The van der Waals surface area contributed by atoms with Crippen LogP contribution in [0.4, 0.5) is 9.52 Å². The lowest BCUT2D eigenvalue weighted by atomic mass is 10.0. The first-order valence-electron chi connectivity index (χ1n) is 9.54. The average molecular weight is 405 g/mol. The number of fused-ring (bicyclic) bond motifs is 1. The van der Waals surface area contributed by atoms with Crippen LogP contribution in [0.25, 0.3) is 10.2 Å². The van der Waals surface area contributed by atoms with Crippen LogP contribution in [0.2, 0.25) is 0 Å². The highest BCUT2D eigenvalue weighted by molar-refractivity contribution is 7.22. The van der Waals surface area contributed by atoms with Crippen molar-refractivity contribution in [1.29, 1.82) is 0 Å². The number of para-hydroxylation sites is 1. The molecule has 0 aliphatic heterocycles. The Balaban J connectivity index is 1.81. The standard InChI is InChI=1S/C24H21FN2OS/c1-16(2)20-12-7-13-21-22(20)26-24(29-21)27(15-17-8-4-3-5-9-17)23(28)18-10-6-11-19(25)14-18/h3-14,16H,15H2,1-2H3. The van der Waals surface area contributed by atoms with E-state index in [2.05, 4.69) is 19.9 Å². The number of carbonyl (C=O) groups is 1. The zero-order chi connectivity index (χ0) is 20.4. The molecule has 0 radical (unpaired) electrons. The van der Waals surface area contributed by atoms with Crippen molar-refractivity contribution in [1.82, 2.24) is 4.98 Å². The number of carbonyl (C=O) groups excluding carboxylic acids is 1. The van der Waals surface area contributed by atoms with Gasteiger partial charge in [-0.3, -0.25) is 9.69 Å². The summed E-state index contributed by atoms with van der Waals surface area (Å²) in [5.74, 6) is -0.365. The van der Waals surface area contributed by atoms with Gasteiger partial charge in [-0.15, -0.1) is 0 Å². The monoisotopic (exact) mass is 404 g/mol. The Kier molecular flexibility index (Phi) is 5.41. The second-order valence-corrected chi connectivity index (χ2v) is 8.24. The van der Waals surface area contributed by atoms with E-state index in [1.807, 2.05) is 42.5 Å². The Morgan fingerprint density at radius 3 is 2.52 bits per heavy atom. The number of amides is 1. The third-order valence-corrected chi connectivity index (χ3v) is 5.84. The molecule has 1 amide bonds.